The Morgan fingerprint density at radius 1 is 1.29 bits per heavy atom. The third-order valence-electron chi connectivity index (χ3n) is 4.89. The zero-order chi connectivity index (χ0) is 18.9. The summed E-state index contributed by atoms with van der Waals surface area (Å²) in [6.07, 6.45) is 3.71. The number of guanidine groups is 1. The number of aliphatic imine (C=N–C) groups is 1. The second-order valence-electron chi connectivity index (χ2n) is 6.92. The average molecular weight is 502 g/mol. The van der Waals surface area contributed by atoms with Gasteiger partial charge in [-0.2, -0.15) is 0 Å². The molecule has 1 aromatic rings. The van der Waals surface area contributed by atoms with E-state index in [2.05, 4.69) is 15.6 Å². The number of hydrogen-bond donors (Lipinski definition) is 2. The minimum absolute atomic E-state index is 0. The van der Waals surface area contributed by atoms with E-state index in [1.807, 2.05) is 35.2 Å². The van der Waals surface area contributed by atoms with Crippen LogP contribution in [0, 0.1) is 0 Å². The summed E-state index contributed by atoms with van der Waals surface area (Å²) >= 11 is 0. The first-order valence-corrected chi connectivity index (χ1v) is 9.78. The largest absolute Gasteiger partial charge is 0.381 e. The van der Waals surface area contributed by atoms with Crippen LogP contribution < -0.4 is 15.5 Å². The normalized spacial score (nSPS) is 20.8. The van der Waals surface area contributed by atoms with Crippen LogP contribution in [0.1, 0.15) is 25.7 Å². The quantitative estimate of drug-likeness (QED) is 0.259. The maximum absolute atomic E-state index is 12.3. The van der Waals surface area contributed by atoms with Gasteiger partial charge in [0, 0.05) is 52.1 Å². The number of hydrogen-bond acceptors (Lipinski definition) is 4. The number of nitrogens with one attached hydrogen (secondary N) is 2. The lowest BCUT2D eigenvalue weighted by Crippen LogP contribution is -2.45. The van der Waals surface area contributed by atoms with E-state index >= 15 is 0 Å². The fourth-order valence-corrected chi connectivity index (χ4v) is 3.42. The van der Waals surface area contributed by atoms with Crippen molar-refractivity contribution in [3.8, 4) is 0 Å². The highest BCUT2D eigenvalue weighted by Gasteiger charge is 2.30. The molecule has 0 aliphatic carbocycles. The van der Waals surface area contributed by atoms with Gasteiger partial charge in [0.05, 0.1) is 12.1 Å². The van der Waals surface area contributed by atoms with Gasteiger partial charge in [-0.15, -0.1) is 24.0 Å². The zero-order valence-corrected chi connectivity index (χ0v) is 18.8. The van der Waals surface area contributed by atoms with Gasteiger partial charge < -0.3 is 25.0 Å². The van der Waals surface area contributed by atoms with Gasteiger partial charge in [0.2, 0.25) is 5.91 Å². The van der Waals surface area contributed by atoms with E-state index in [0.29, 0.717) is 19.1 Å². The summed E-state index contributed by atoms with van der Waals surface area (Å²) in [7, 11) is 1.75. The SMILES string of the molecule is CN=C(NCCCOC1CCOCC1)NC1CC(=O)N(c2ccccc2)C1.I. The minimum Gasteiger partial charge on any atom is -0.381 e. The van der Waals surface area contributed by atoms with Crippen LogP contribution in [0.4, 0.5) is 5.69 Å². The maximum Gasteiger partial charge on any atom is 0.229 e. The number of ether oxygens (including phenoxy) is 2. The summed E-state index contributed by atoms with van der Waals surface area (Å²) in [6.45, 7) is 3.78. The standard InChI is InChI=1S/C20H30N4O3.HI/c1-21-20(22-10-5-11-27-18-8-12-26-13-9-18)23-16-14-19(25)24(15-16)17-6-3-2-4-7-17;/h2-4,6-7,16,18H,5,8-15H2,1H3,(H2,21,22,23);1H. The van der Waals surface area contributed by atoms with E-state index < -0.39 is 0 Å². The second-order valence-corrected chi connectivity index (χ2v) is 6.92. The first-order chi connectivity index (χ1) is 13.3. The molecule has 156 valence electrons. The van der Waals surface area contributed by atoms with Gasteiger partial charge in [-0.3, -0.25) is 9.79 Å². The maximum atomic E-state index is 12.3. The van der Waals surface area contributed by atoms with Crippen LogP contribution in [-0.2, 0) is 14.3 Å². The minimum atomic E-state index is 0. The van der Waals surface area contributed by atoms with Crippen molar-refractivity contribution in [3.05, 3.63) is 30.3 Å². The molecular weight excluding hydrogens is 471 g/mol. The monoisotopic (exact) mass is 502 g/mol. The van der Waals surface area contributed by atoms with Gasteiger partial charge >= 0.3 is 0 Å². The molecule has 2 heterocycles. The van der Waals surface area contributed by atoms with Crippen molar-refractivity contribution in [2.24, 2.45) is 4.99 Å². The number of amides is 1. The number of carbonyl (C=O) groups is 1. The number of carbonyl (C=O) groups excluding carboxylic acids is 1. The summed E-state index contributed by atoms with van der Waals surface area (Å²) in [6, 6.07) is 9.84. The first-order valence-electron chi connectivity index (χ1n) is 9.78. The van der Waals surface area contributed by atoms with Crippen molar-refractivity contribution in [1.29, 1.82) is 0 Å². The number of anilines is 1. The number of nitrogens with zero attached hydrogens (tertiary/aromatic N) is 2. The van der Waals surface area contributed by atoms with Gasteiger partial charge in [0.1, 0.15) is 0 Å². The fraction of sp³-hybridized carbons (Fsp3) is 0.600. The predicted molar refractivity (Wildman–Crippen MR) is 122 cm³/mol. The van der Waals surface area contributed by atoms with E-state index in [9.17, 15) is 4.79 Å². The van der Waals surface area contributed by atoms with Crippen molar-refractivity contribution in [2.45, 2.75) is 37.8 Å². The molecule has 0 saturated carbocycles. The molecule has 2 aliphatic rings. The topological polar surface area (TPSA) is 75.2 Å². The lowest BCUT2D eigenvalue weighted by atomic mass is 10.1. The summed E-state index contributed by atoms with van der Waals surface area (Å²) in [5.74, 6) is 0.868. The molecule has 28 heavy (non-hydrogen) atoms. The van der Waals surface area contributed by atoms with Crippen LogP contribution >= 0.6 is 24.0 Å². The van der Waals surface area contributed by atoms with E-state index in [1.54, 1.807) is 7.05 Å². The van der Waals surface area contributed by atoms with Gasteiger partial charge in [0.15, 0.2) is 5.96 Å². The molecule has 2 N–H and O–H groups in total. The van der Waals surface area contributed by atoms with Gasteiger partial charge in [-0.05, 0) is 31.4 Å². The number of benzene rings is 1. The lowest BCUT2D eigenvalue weighted by molar-refractivity contribution is -0.117. The van der Waals surface area contributed by atoms with E-state index in [0.717, 1.165) is 57.3 Å². The Morgan fingerprint density at radius 2 is 2.04 bits per heavy atom. The molecule has 2 saturated heterocycles. The van der Waals surface area contributed by atoms with Crippen molar-refractivity contribution in [1.82, 2.24) is 10.6 Å². The third kappa shape index (κ3) is 6.89. The van der Waals surface area contributed by atoms with Crippen LogP contribution in [0.5, 0.6) is 0 Å². The Kier molecular flexibility index (Phi) is 10.0. The third-order valence-corrected chi connectivity index (χ3v) is 4.89. The van der Waals surface area contributed by atoms with E-state index in [1.165, 1.54) is 0 Å². The molecule has 3 rings (SSSR count). The molecule has 0 spiro atoms. The summed E-state index contributed by atoms with van der Waals surface area (Å²) in [5, 5.41) is 6.66. The molecule has 0 radical (unpaired) electrons. The van der Waals surface area contributed by atoms with Crippen molar-refractivity contribution < 1.29 is 14.3 Å². The van der Waals surface area contributed by atoms with Crippen LogP contribution in [-0.4, -0.2) is 64.0 Å². The molecule has 1 amide bonds. The lowest BCUT2D eigenvalue weighted by Gasteiger charge is -2.22. The van der Waals surface area contributed by atoms with E-state index in [4.69, 9.17) is 9.47 Å². The Labute approximate surface area is 184 Å². The predicted octanol–water partition coefficient (Wildman–Crippen LogP) is 2.16. The molecule has 0 bridgehead atoms. The molecule has 8 heteroatoms. The molecule has 2 aliphatic heterocycles. The number of para-hydroxylation sites is 1. The molecule has 0 aromatic heterocycles. The Bertz CT molecular complexity index is 623. The van der Waals surface area contributed by atoms with Gasteiger partial charge in [-0.25, -0.2) is 0 Å². The van der Waals surface area contributed by atoms with Crippen LogP contribution in [0.2, 0.25) is 0 Å². The number of halogens is 1. The summed E-state index contributed by atoms with van der Waals surface area (Å²) < 4.78 is 11.2. The smallest absolute Gasteiger partial charge is 0.229 e. The van der Waals surface area contributed by atoms with Crippen LogP contribution in [0.3, 0.4) is 0 Å². The van der Waals surface area contributed by atoms with E-state index in [-0.39, 0.29) is 35.9 Å². The van der Waals surface area contributed by atoms with Gasteiger partial charge in [0.25, 0.3) is 0 Å². The average Bonchev–Trinajstić information content (AvgIpc) is 3.08. The molecule has 1 unspecified atom stereocenters. The summed E-state index contributed by atoms with van der Waals surface area (Å²) in [5.41, 5.74) is 0.944. The molecule has 7 nitrogen and oxygen atoms in total. The molecule has 1 atom stereocenters. The van der Waals surface area contributed by atoms with Gasteiger partial charge in [-0.1, -0.05) is 18.2 Å². The van der Waals surface area contributed by atoms with Crippen molar-refractivity contribution in [3.63, 3.8) is 0 Å². The number of rotatable bonds is 7. The van der Waals surface area contributed by atoms with Crippen molar-refractivity contribution in [2.75, 3.05) is 44.9 Å². The highest BCUT2D eigenvalue weighted by molar-refractivity contribution is 14.0. The molecule has 1 aromatic carbocycles. The highest BCUT2D eigenvalue weighted by atomic mass is 127. The second kappa shape index (κ2) is 12.2. The van der Waals surface area contributed by atoms with Crippen molar-refractivity contribution >= 4 is 41.5 Å². The first kappa shape index (κ1) is 22.9. The highest BCUT2D eigenvalue weighted by Crippen LogP contribution is 2.20. The molecular formula is C20H31IN4O3. The zero-order valence-electron chi connectivity index (χ0n) is 16.4. The van der Waals surface area contributed by atoms with Crippen LogP contribution in [0.25, 0.3) is 0 Å². The molecule has 2 fully saturated rings. The Balaban J connectivity index is 0.00000280. The Morgan fingerprint density at radius 3 is 2.75 bits per heavy atom. The Hall–Kier alpha value is -1.39. The summed E-state index contributed by atoms with van der Waals surface area (Å²) in [4.78, 5) is 18.4. The fourth-order valence-electron chi connectivity index (χ4n) is 3.42. The van der Waals surface area contributed by atoms with Crippen LogP contribution in [0.15, 0.2) is 35.3 Å².